The third-order valence-electron chi connectivity index (χ3n) is 9.01. The highest BCUT2D eigenvalue weighted by atomic mass is 19.1. The zero-order chi connectivity index (χ0) is 19.4. The van der Waals surface area contributed by atoms with Crippen LogP contribution in [-0.2, 0) is 9.47 Å². The van der Waals surface area contributed by atoms with Gasteiger partial charge in [-0.15, -0.1) is 0 Å². The van der Waals surface area contributed by atoms with Crippen molar-refractivity contribution in [2.45, 2.75) is 77.1 Å². The van der Waals surface area contributed by atoms with Gasteiger partial charge in [0.25, 0.3) is 0 Å². The fourth-order valence-corrected chi connectivity index (χ4v) is 7.70. The maximum atomic E-state index is 13.5. The van der Waals surface area contributed by atoms with Crippen molar-refractivity contribution < 1.29 is 19.0 Å². The Kier molecular flexibility index (Phi) is 5.22. The van der Waals surface area contributed by atoms with Gasteiger partial charge in [-0.1, -0.05) is 25.0 Å². The Balaban J connectivity index is 1.73. The average molecular weight is 381 g/mol. The number of fused-ring (bicyclic) bond motifs is 4. The molecule has 0 aromatic heterocycles. The van der Waals surface area contributed by atoms with E-state index in [0.29, 0.717) is 36.0 Å². The number of halogens is 1. The summed E-state index contributed by atoms with van der Waals surface area (Å²) >= 11 is 0. The third kappa shape index (κ3) is 2.93. The van der Waals surface area contributed by atoms with Crippen molar-refractivity contribution in [1.29, 1.82) is 0 Å². The molecular formula is C23H37FO3. The minimum absolute atomic E-state index is 0.0230. The van der Waals surface area contributed by atoms with E-state index in [9.17, 15) is 9.50 Å². The molecule has 2 fully saturated rings. The molecule has 0 heterocycles. The molecule has 0 amide bonds. The lowest BCUT2D eigenvalue weighted by atomic mass is 9.48. The first-order valence-corrected chi connectivity index (χ1v) is 10.9. The molecular weight excluding hydrogens is 343 g/mol. The van der Waals surface area contributed by atoms with Gasteiger partial charge < -0.3 is 14.6 Å². The molecule has 4 heteroatoms. The summed E-state index contributed by atoms with van der Waals surface area (Å²) in [6, 6.07) is 0. The molecule has 4 unspecified atom stereocenters. The normalized spacial score (nSPS) is 46.0. The predicted molar refractivity (Wildman–Crippen MR) is 104 cm³/mol. The number of aliphatic hydroxyl groups excluding tert-OH is 1. The molecule has 0 radical (unpaired) electrons. The number of aliphatic hydroxyl groups is 1. The lowest BCUT2D eigenvalue weighted by Gasteiger charge is -2.57. The number of ether oxygens (including phenoxy) is 2. The van der Waals surface area contributed by atoms with Crippen LogP contribution in [0.25, 0.3) is 0 Å². The number of alkyl halides is 1. The molecule has 27 heavy (non-hydrogen) atoms. The minimum atomic E-state index is -0.478. The fraction of sp³-hybridized carbons (Fsp3) is 0.913. The standard InChI is InChI=1S/C23H37FO3/c1-14-11-16-13-23(26-3,27-4)9-7-17(16)21-15(8-10-24)12-22(2)18(20(14)21)5-6-19(22)25/h14-15,18-21,25H,5-13H2,1-4H3/t14?,15-,18?,19-,20?,21?,22-/m0/s1. The van der Waals surface area contributed by atoms with Crippen LogP contribution in [0.5, 0.6) is 0 Å². The van der Waals surface area contributed by atoms with Gasteiger partial charge in [-0.05, 0) is 73.5 Å². The van der Waals surface area contributed by atoms with Crippen molar-refractivity contribution in [1.82, 2.24) is 0 Å². The van der Waals surface area contributed by atoms with Crippen LogP contribution in [0.15, 0.2) is 11.1 Å². The largest absolute Gasteiger partial charge is 0.393 e. The molecule has 0 aromatic rings. The van der Waals surface area contributed by atoms with Gasteiger partial charge in [0.15, 0.2) is 5.79 Å². The van der Waals surface area contributed by atoms with Crippen molar-refractivity contribution in [2.75, 3.05) is 20.9 Å². The topological polar surface area (TPSA) is 38.7 Å². The third-order valence-corrected chi connectivity index (χ3v) is 9.01. The molecule has 4 aliphatic rings. The summed E-state index contributed by atoms with van der Waals surface area (Å²) in [6.07, 6.45) is 7.33. The first kappa shape index (κ1) is 19.8. The summed E-state index contributed by atoms with van der Waals surface area (Å²) in [5.41, 5.74) is 3.10. The lowest BCUT2D eigenvalue weighted by Crippen LogP contribution is -2.52. The summed E-state index contributed by atoms with van der Waals surface area (Å²) in [5, 5.41) is 10.8. The van der Waals surface area contributed by atoms with Gasteiger partial charge in [-0.3, -0.25) is 4.39 Å². The number of rotatable bonds is 4. The van der Waals surface area contributed by atoms with Crippen molar-refractivity contribution >= 4 is 0 Å². The molecule has 7 atom stereocenters. The highest BCUT2D eigenvalue weighted by molar-refractivity contribution is 5.30. The van der Waals surface area contributed by atoms with Crippen LogP contribution in [-0.4, -0.2) is 37.9 Å². The van der Waals surface area contributed by atoms with E-state index < -0.39 is 5.79 Å². The lowest BCUT2D eigenvalue weighted by molar-refractivity contribution is -0.214. The van der Waals surface area contributed by atoms with E-state index in [-0.39, 0.29) is 18.2 Å². The second kappa shape index (κ2) is 7.11. The summed E-state index contributed by atoms with van der Waals surface area (Å²) in [5.74, 6) is 2.13. The molecule has 154 valence electrons. The first-order chi connectivity index (χ1) is 12.9. The van der Waals surface area contributed by atoms with Crippen molar-refractivity contribution in [3.05, 3.63) is 11.1 Å². The molecule has 0 spiro atoms. The zero-order valence-electron chi connectivity index (χ0n) is 17.5. The van der Waals surface area contributed by atoms with Gasteiger partial charge in [-0.25, -0.2) is 0 Å². The second-order valence-corrected chi connectivity index (χ2v) is 10.1. The van der Waals surface area contributed by atoms with E-state index in [0.717, 1.165) is 44.9 Å². The van der Waals surface area contributed by atoms with E-state index in [1.807, 2.05) is 0 Å². The number of hydrogen-bond acceptors (Lipinski definition) is 3. The van der Waals surface area contributed by atoms with Crippen LogP contribution in [0.1, 0.15) is 65.2 Å². The Morgan fingerprint density at radius 2 is 1.96 bits per heavy atom. The minimum Gasteiger partial charge on any atom is -0.393 e. The molecule has 0 saturated heterocycles. The number of hydrogen-bond donors (Lipinski definition) is 1. The Hall–Kier alpha value is -0.450. The molecule has 3 nitrogen and oxygen atoms in total. The number of allylic oxidation sites excluding steroid dienone is 1. The van der Waals surface area contributed by atoms with E-state index in [2.05, 4.69) is 13.8 Å². The Labute approximate surface area is 163 Å². The molecule has 0 aliphatic heterocycles. The molecule has 1 N–H and O–H groups in total. The van der Waals surface area contributed by atoms with Crippen LogP contribution >= 0.6 is 0 Å². The van der Waals surface area contributed by atoms with Gasteiger partial charge in [-0.2, -0.15) is 0 Å². The zero-order valence-corrected chi connectivity index (χ0v) is 17.5. The Morgan fingerprint density at radius 1 is 1.22 bits per heavy atom. The van der Waals surface area contributed by atoms with Gasteiger partial charge in [0.1, 0.15) is 0 Å². The van der Waals surface area contributed by atoms with E-state index in [1.54, 1.807) is 19.8 Å². The summed E-state index contributed by atoms with van der Waals surface area (Å²) in [4.78, 5) is 0. The Bertz CT molecular complexity index is 598. The maximum Gasteiger partial charge on any atom is 0.171 e. The van der Waals surface area contributed by atoms with E-state index >= 15 is 0 Å². The molecule has 2 saturated carbocycles. The second-order valence-electron chi connectivity index (χ2n) is 10.1. The van der Waals surface area contributed by atoms with Crippen molar-refractivity contribution in [3.63, 3.8) is 0 Å². The van der Waals surface area contributed by atoms with Crippen molar-refractivity contribution in [3.8, 4) is 0 Å². The molecule has 0 aromatic carbocycles. The van der Waals surface area contributed by atoms with Gasteiger partial charge >= 0.3 is 0 Å². The molecule has 0 bridgehead atoms. The van der Waals surface area contributed by atoms with Gasteiger partial charge in [0.2, 0.25) is 0 Å². The summed E-state index contributed by atoms with van der Waals surface area (Å²) in [6.45, 7) is 4.43. The predicted octanol–water partition coefficient (Wildman–Crippen LogP) is 4.88. The number of methoxy groups -OCH3 is 2. The van der Waals surface area contributed by atoms with Gasteiger partial charge in [0.05, 0.1) is 12.8 Å². The van der Waals surface area contributed by atoms with Crippen molar-refractivity contribution in [2.24, 2.45) is 35.0 Å². The quantitative estimate of drug-likeness (QED) is 0.558. The first-order valence-electron chi connectivity index (χ1n) is 10.9. The highest BCUT2D eigenvalue weighted by Gasteiger charge is 2.59. The van der Waals surface area contributed by atoms with Gasteiger partial charge in [0, 0.05) is 27.1 Å². The maximum absolute atomic E-state index is 13.5. The van der Waals surface area contributed by atoms with E-state index in [4.69, 9.17) is 9.47 Å². The molecule has 4 aliphatic carbocycles. The van der Waals surface area contributed by atoms with Crippen LogP contribution in [0.2, 0.25) is 0 Å². The smallest absolute Gasteiger partial charge is 0.171 e. The van der Waals surface area contributed by atoms with Crippen LogP contribution in [0.3, 0.4) is 0 Å². The average Bonchev–Trinajstić information content (AvgIpc) is 2.95. The summed E-state index contributed by atoms with van der Waals surface area (Å²) < 4.78 is 25.1. The highest BCUT2D eigenvalue weighted by Crippen LogP contribution is 2.65. The van der Waals surface area contributed by atoms with E-state index in [1.165, 1.54) is 5.57 Å². The summed E-state index contributed by atoms with van der Waals surface area (Å²) in [7, 11) is 3.50. The van der Waals surface area contributed by atoms with Crippen LogP contribution < -0.4 is 0 Å². The van der Waals surface area contributed by atoms with Crippen LogP contribution in [0.4, 0.5) is 4.39 Å². The Morgan fingerprint density at radius 3 is 2.63 bits per heavy atom. The monoisotopic (exact) mass is 380 g/mol. The SMILES string of the molecule is COC1(OC)CCC2=C(CC(C)C3C2[C@@H](CCF)C[C@@]2(C)C3CC[C@@H]2O)C1. The van der Waals surface area contributed by atoms with Crippen LogP contribution in [0, 0.1) is 35.0 Å². The molecule has 4 rings (SSSR count). The fourth-order valence-electron chi connectivity index (χ4n) is 7.70.